The Hall–Kier alpha value is -2.00. The Morgan fingerprint density at radius 2 is 1.65 bits per heavy atom. The summed E-state index contributed by atoms with van der Waals surface area (Å²) < 4.78 is 5.61. The number of para-hydroxylation sites is 1. The summed E-state index contributed by atoms with van der Waals surface area (Å²) >= 11 is 0. The van der Waals surface area contributed by atoms with Crippen molar-refractivity contribution in [3.63, 3.8) is 0 Å². The van der Waals surface area contributed by atoms with Crippen LogP contribution in [-0.4, -0.2) is 10.2 Å². The monoisotopic (exact) mass is 230 g/mol. The second kappa shape index (κ2) is 5.37. The van der Waals surface area contributed by atoms with E-state index < -0.39 is 0 Å². The summed E-state index contributed by atoms with van der Waals surface area (Å²) in [7, 11) is 0. The van der Waals surface area contributed by atoms with E-state index in [-0.39, 0.29) is 12.4 Å². The zero-order valence-electron chi connectivity index (χ0n) is 9.34. The highest BCUT2D eigenvalue weighted by Gasteiger charge is 2.01. The number of benzene rings is 2. The molecular weight excluding hydrogens is 216 g/mol. The summed E-state index contributed by atoms with van der Waals surface area (Å²) in [6.45, 7) is 0.378. The average Bonchev–Trinajstić information content (AvgIpc) is 2.38. The Morgan fingerprint density at radius 1 is 0.941 bits per heavy atom. The zero-order chi connectivity index (χ0) is 12.1. The lowest BCUT2D eigenvalue weighted by atomic mass is 10.2. The molecule has 2 rings (SSSR count). The molecule has 3 heteroatoms. The van der Waals surface area contributed by atoms with Gasteiger partial charge in [0.05, 0.1) is 6.61 Å². The number of rotatable bonds is 4. The highest BCUT2D eigenvalue weighted by atomic mass is 16.5. The number of hydrogen-bond donors (Lipinski definition) is 2. The van der Waals surface area contributed by atoms with Gasteiger partial charge in [-0.2, -0.15) is 0 Å². The quantitative estimate of drug-likeness (QED) is 0.848. The Labute approximate surface area is 99.9 Å². The van der Waals surface area contributed by atoms with Crippen molar-refractivity contribution < 1.29 is 14.9 Å². The molecule has 0 saturated heterocycles. The van der Waals surface area contributed by atoms with E-state index in [2.05, 4.69) is 0 Å². The van der Waals surface area contributed by atoms with Gasteiger partial charge in [-0.1, -0.05) is 30.3 Å². The Bertz CT molecular complexity index is 477. The topological polar surface area (TPSA) is 49.7 Å². The van der Waals surface area contributed by atoms with Crippen LogP contribution in [0.15, 0.2) is 48.5 Å². The molecule has 88 valence electrons. The van der Waals surface area contributed by atoms with Crippen molar-refractivity contribution in [3.05, 3.63) is 59.7 Å². The van der Waals surface area contributed by atoms with Gasteiger partial charge in [0.25, 0.3) is 0 Å². The molecule has 0 aromatic heterocycles. The first-order valence-corrected chi connectivity index (χ1v) is 5.39. The lowest BCUT2D eigenvalue weighted by Gasteiger charge is -2.09. The molecule has 0 heterocycles. The Morgan fingerprint density at radius 3 is 2.35 bits per heavy atom. The summed E-state index contributed by atoms with van der Waals surface area (Å²) in [5, 5.41) is 18.3. The highest BCUT2D eigenvalue weighted by Crippen LogP contribution is 2.19. The maximum atomic E-state index is 9.15. The van der Waals surface area contributed by atoms with E-state index in [1.807, 2.05) is 24.3 Å². The molecule has 0 aliphatic rings. The van der Waals surface area contributed by atoms with Crippen molar-refractivity contribution >= 4 is 0 Å². The maximum Gasteiger partial charge on any atom is 0.125 e. The molecule has 17 heavy (non-hydrogen) atoms. The summed E-state index contributed by atoms with van der Waals surface area (Å²) in [4.78, 5) is 0. The standard InChI is InChI=1S/C14H14O3/c15-9-12-3-1-2-4-14(12)17-10-11-5-7-13(16)8-6-11/h1-8,15-16H,9-10H2. The van der Waals surface area contributed by atoms with Crippen LogP contribution in [0.3, 0.4) is 0 Å². The number of hydrogen-bond acceptors (Lipinski definition) is 3. The summed E-state index contributed by atoms with van der Waals surface area (Å²) in [5.74, 6) is 0.924. The van der Waals surface area contributed by atoms with Gasteiger partial charge in [0.2, 0.25) is 0 Å². The molecule has 0 bridgehead atoms. The first-order chi connectivity index (χ1) is 8.29. The average molecular weight is 230 g/mol. The van der Waals surface area contributed by atoms with Gasteiger partial charge in [0.1, 0.15) is 18.1 Å². The van der Waals surface area contributed by atoms with Crippen LogP contribution in [0.1, 0.15) is 11.1 Å². The molecule has 2 aromatic rings. The lowest BCUT2D eigenvalue weighted by Crippen LogP contribution is -1.98. The molecule has 2 N–H and O–H groups in total. The minimum absolute atomic E-state index is 0.0360. The minimum Gasteiger partial charge on any atom is -0.508 e. The van der Waals surface area contributed by atoms with Gasteiger partial charge in [-0.3, -0.25) is 0 Å². The third-order valence-electron chi connectivity index (χ3n) is 2.47. The predicted octanol–water partition coefficient (Wildman–Crippen LogP) is 2.46. The molecule has 0 fully saturated rings. The zero-order valence-corrected chi connectivity index (χ0v) is 9.34. The molecule has 2 aromatic carbocycles. The highest BCUT2D eigenvalue weighted by molar-refractivity contribution is 5.33. The smallest absolute Gasteiger partial charge is 0.125 e. The van der Waals surface area contributed by atoms with Gasteiger partial charge in [-0.05, 0) is 23.8 Å². The third-order valence-corrected chi connectivity index (χ3v) is 2.47. The summed E-state index contributed by atoms with van der Waals surface area (Å²) in [5.41, 5.74) is 1.74. The fourth-order valence-corrected chi connectivity index (χ4v) is 1.53. The normalized spacial score (nSPS) is 10.2. The molecule has 0 atom stereocenters. The second-order valence-corrected chi connectivity index (χ2v) is 3.72. The van der Waals surface area contributed by atoms with Gasteiger partial charge in [-0.15, -0.1) is 0 Å². The predicted molar refractivity (Wildman–Crippen MR) is 64.8 cm³/mol. The summed E-state index contributed by atoms with van der Waals surface area (Å²) in [6.07, 6.45) is 0. The molecule has 0 radical (unpaired) electrons. The fraction of sp³-hybridized carbons (Fsp3) is 0.143. The third kappa shape index (κ3) is 2.98. The molecule has 0 aliphatic carbocycles. The van der Waals surface area contributed by atoms with E-state index in [1.54, 1.807) is 24.3 Å². The first-order valence-electron chi connectivity index (χ1n) is 5.39. The number of phenols is 1. The lowest BCUT2D eigenvalue weighted by molar-refractivity contribution is 0.259. The van der Waals surface area contributed by atoms with Crippen molar-refractivity contribution in [2.24, 2.45) is 0 Å². The van der Waals surface area contributed by atoms with Crippen LogP contribution in [0.4, 0.5) is 0 Å². The van der Waals surface area contributed by atoms with Crippen molar-refractivity contribution in [2.75, 3.05) is 0 Å². The molecule has 3 nitrogen and oxygen atoms in total. The molecule has 0 saturated carbocycles. The molecule has 0 unspecified atom stereocenters. The van der Waals surface area contributed by atoms with Crippen LogP contribution in [-0.2, 0) is 13.2 Å². The Kier molecular flexibility index (Phi) is 3.62. The van der Waals surface area contributed by atoms with Crippen LogP contribution in [0.2, 0.25) is 0 Å². The number of ether oxygens (including phenoxy) is 1. The minimum atomic E-state index is -0.0360. The number of phenolic OH excluding ortho intramolecular Hbond substituents is 1. The van der Waals surface area contributed by atoms with E-state index in [0.29, 0.717) is 12.4 Å². The summed E-state index contributed by atoms with van der Waals surface area (Å²) in [6, 6.07) is 14.2. The first kappa shape index (κ1) is 11.5. The molecular formula is C14H14O3. The van der Waals surface area contributed by atoms with Crippen molar-refractivity contribution in [1.82, 2.24) is 0 Å². The molecule has 0 amide bonds. The fourth-order valence-electron chi connectivity index (χ4n) is 1.53. The van der Waals surface area contributed by atoms with Crippen LogP contribution < -0.4 is 4.74 Å². The van der Waals surface area contributed by atoms with Crippen molar-refractivity contribution in [2.45, 2.75) is 13.2 Å². The van der Waals surface area contributed by atoms with E-state index in [0.717, 1.165) is 11.1 Å². The SMILES string of the molecule is OCc1ccccc1OCc1ccc(O)cc1. The molecule has 0 spiro atoms. The number of aromatic hydroxyl groups is 1. The van der Waals surface area contributed by atoms with Crippen LogP contribution in [0.5, 0.6) is 11.5 Å². The van der Waals surface area contributed by atoms with Crippen molar-refractivity contribution in [1.29, 1.82) is 0 Å². The van der Waals surface area contributed by atoms with Crippen molar-refractivity contribution in [3.8, 4) is 11.5 Å². The van der Waals surface area contributed by atoms with Gasteiger partial charge >= 0.3 is 0 Å². The Balaban J connectivity index is 2.04. The van der Waals surface area contributed by atoms with Gasteiger partial charge < -0.3 is 14.9 Å². The van der Waals surface area contributed by atoms with Crippen LogP contribution in [0.25, 0.3) is 0 Å². The number of aliphatic hydroxyl groups is 1. The van der Waals surface area contributed by atoms with E-state index in [1.165, 1.54) is 0 Å². The van der Waals surface area contributed by atoms with Gasteiger partial charge in [0, 0.05) is 5.56 Å². The van der Waals surface area contributed by atoms with E-state index >= 15 is 0 Å². The van der Waals surface area contributed by atoms with Crippen LogP contribution in [0, 0.1) is 0 Å². The largest absolute Gasteiger partial charge is 0.508 e. The van der Waals surface area contributed by atoms with Gasteiger partial charge in [0.15, 0.2) is 0 Å². The van der Waals surface area contributed by atoms with E-state index in [9.17, 15) is 0 Å². The maximum absolute atomic E-state index is 9.15. The van der Waals surface area contributed by atoms with E-state index in [4.69, 9.17) is 14.9 Å². The molecule has 0 aliphatic heterocycles. The number of aliphatic hydroxyl groups excluding tert-OH is 1. The van der Waals surface area contributed by atoms with Crippen LogP contribution >= 0.6 is 0 Å². The van der Waals surface area contributed by atoms with Gasteiger partial charge in [-0.25, -0.2) is 0 Å². The second-order valence-electron chi connectivity index (χ2n) is 3.72.